The van der Waals surface area contributed by atoms with Crippen molar-refractivity contribution in [3.8, 4) is 5.75 Å². The summed E-state index contributed by atoms with van der Waals surface area (Å²) >= 11 is 0. The van der Waals surface area contributed by atoms with Crippen LogP contribution in [-0.4, -0.2) is 36.5 Å². The summed E-state index contributed by atoms with van der Waals surface area (Å²) in [7, 11) is 1.63. The molecule has 1 aliphatic rings. The van der Waals surface area contributed by atoms with E-state index in [0.717, 1.165) is 28.9 Å². The number of benzene rings is 2. The van der Waals surface area contributed by atoms with Crippen LogP contribution in [0.25, 0.3) is 0 Å². The lowest BCUT2D eigenvalue weighted by Crippen LogP contribution is -2.41. The van der Waals surface area contributed by atoms with E-state index in [0.29, 0.717) is 31.6 Å². The summed E-state index contributed by atoms with van der Waals surface area (Å²) in [5.41, 5.74) is 3.34. The molecule has 5 heteroatoms. The third-order valence-electron chi connectivity index (χ3n) is 5.79. The van der Waals surface area contributed by atoms with Crippen molar-refractivity contribution in [1.29, 1.82) is 0 Å². The minimum Gasteiger partial charge on any atom is -0.497 e. The molecule has 0 spiro atoms. The fourth-order valence-electron chi connectivity index (χ4n) is 3.95. The number of allylic oxidation sites excluding steroid dienone is 3. The zero-order chi connectivity index (χ0) is 24.3. The second kappa shape index (κ2) is 12.6. The standard InChI is InChI=1S/C29H33NO4/c1-4-34-29(32)22(2)19-26(20-23-11-7-5-8-12-23)30(28(31)25-13-9-6-10-14-25)21-24-15-17-27(33-3)18-16-24/h5-9,11-13,15-19,26H,4,10,14,20-21H2,1-3H3/b22-19-/t26-/m1/s1. The molecule has 0 aliphatic heterocycles. The number of carbonyl (C=O) groups excluding carboxylic acids is 2. The summed E-state index contributed by atoms with van der Waals surface area (Å²) in [6, 6.07) is 17.4. The van der Waals surface area contributed by atoms with Gasteiger partial charge in [0, 0.05) is 17.7 Å². The molecule has 0 bridgehead atoms. The number of ether oxygens (including phenoxy) is 2. The van der Waals surface area contributed by atoms with Crippen molar-refractivity contribution in [3.63, 3.8) is 0 Å². The molecule has 0 aromatic heterocycles. The summed E-state index contributed by atoms with van der Waals surface area (Å²) in [6.45, 7) is 4.25. The molecule has 0 unspecified atom stereocenters. The Balaban J connectivity index is 2.01. The average Bonchev–Trinajstić information content (AvgIpc) is 2.88. The van der Waals surface area contributed by atoms with E-state index in [2.05, 4.69) is 6.08 Å². The van der Waals surface area contributed by atoms with Gasteiger partial charge in [0.05, 0.1) is 19.8 Å². The Kier molecular flexibility index (Phi) is 9.27. The monoisotopic (exact) mass is 459 g/mol. The van der Waals surface area contributed by atoms with Crippen molar-refractivity contribution in [2.45, 2.75) is 45.7 Å². The fourth-order valence-corrected chi connectivity index (χ4v) is 3.95. The first kappa shape index (κ1) is 25.0. The molecule has 2 aromatic carbocycles. The minimum atomic E-state index is -0.364. The molecule has 0 heterocycles. The number of rotatable bonds is 10. The summed E-state index contributed by atoms with van der Waals surface area (Å²) < 4.78 is 10.5. The van der Waals surface area contributed by atoms with E-state index < -0.39 is 0 Å². The van der Waals surface area contributed by atoms with E-state index in [1.807, 2.05) is 77.7 Å². The summed E-state index contributed by atoms with van der Waals surface area (Å²) in [5.74, 6) is 0.381. The molecule has 5 nitrogen and oxygen atoms in total. The maximum Gasteiger partial charge on any atom is 0.333 e. The second-order valence-electron chi connectivity index (χ2n) is 8.27. The van der Waals surface area contributed by atoms with Gasteiger partial charge in [0.25, 0.3) is 5.91 Å². The molecule has 178 valence electrons. The highest BCUT2D eigenvalue weighted by atomic mass is 16.5. The molecule has 1 amide bonds. The maximum atomic E-state index is 13.8. The van der Waals surface area contributed by atoms with Gasteiger partial charge in [0.15, 0.2) is 0 Å². The predicted molar refractivity (Wildman–Crippen MR) is 134 cm³/mol. The van der Waals surface area contributed by atoms with Gasteiger partial charge >= 0.3 is 5.97 Å². The van der Waals surface area contributed by atoms with Crippen LogP contribution in [0, 0.1) is 0 Å². The summed E-state index contributed by atoms with van der Waals surface area (Å²) in [6.07, 6.45) is 9.90. The number of methoxy groups -OCH3 is 1. The van der Waals surface area contributed by atoms with Crippen molar-refractivity contribution in [3.05, 3.63) is 101 Å². The fraction of sp³-hybridized carbons (Fsp3) is 0.310. The summed E-state index contributed by atoms with van der Waals surface area (Å²) in [4.78, 5) is 28.1. The number of hydrogen-bond donors (Lipinski definition) is 0. The van der Waals surface area contributed by atoms with Crippen LogP contribution in [-0.2, 0) is 27.3 Å². The Morgan fingerprint density at radius 1 is 1.06 bits per heavy atom. The van der Waals surface area contributed by atoms with Crippen molar-refractivity contribution >= 4 is 11.9 Å². The lowest BCUT2D eigenvalue weighted by atomic mass is 9.98. The first-order valence-electron chi connectivity index (χ1n) is 11.7. The number of esters is 1. The normalized spacial score (nSPS) is 14.2. The Labute approximate surface area is 202 Å². The van der Waals surface area contributed by atoms with Gasteiger partial charge in [0.2, 0.25) is 0 Å². The smallest absolute Gasteiger partial charge is 0.333 e. The van der Waals surface area contributed by atoms with Crippen LogP contribution in [0.1, 0.15) is 37.8 Å². The third kappa shape index (κ3) is 6.95. The summed E-state index contributed by atoms with van der Waals surface area (Å²) in [5, 5.41) is 0. The first-order valence-corrected chi connectivity index (χ1v) is 11.7. The van der Waals surface area contributed by atoms with E-state index in [4.69, 9.17) is 9.47 Å². The Hall–Kier alpha value is -3.60. The molecule has 0 saturated carbocycles. The molecule has 34 heavy (non-hydrogen) atoms. The quantitative estimate of drug-likeness (QED) is 0.352. The number of hydrogen-bond acceptors (Lipinski definition) is 4. The van der Waals surface area contributed by atoms with Gasteiger partial charge in [-0.25, -0.2) is 4.79 Å². The van der Waals surface area contributed by atoms with Gasteiger partial charge < -0.3 is 14.4 Å². The Morgan fingerprint density at radius 3 is 2.41 bits per heavy atom. The topological polar surface area (TPSA) is 55.8 Å². The van der Waals surface area contributed by atoms with Crippen LogP contribution >= 0.6 is 0 Å². The predicted octanol–water partition coefficient (Wildman–Crippen LogP) is 5.42. The average molecular weight is 460 g/mol. The van der Waals surface area contributed by atoms with Gasteiger partial charge in [-0.2, -0.15) is 0 Å². The zero-order valence-corrected chi connectivity index (χ0v) is 20.2. The highest BCUT2D eigenvalue weighted by molar-refractivity contribution is 5.94. The largest absolute Gasteiger partial charge is 0.497 e. The Bertz CT molecular complexity index is 1050. The van der Waals surface area contributed by atoms with E-state index in [9.17, 15) is 9.59 Å². The van der Waals surface area contributed by atoms with E-state index in [1.165, 1.54) is 0 Å². The van der Waals surface area contributed by atoms with Crippen LogP contribution in [0.3, 0.4) is 0 Å². The highest BCUT2D eigenvalue weighted by Crippen LogP contribution is 2.23. The molecule has 0 saturated heterocycles. The lowest BCUT2D eigenvalue weighted by Gasteiger charge is -2.32. The first-order chi connectivity index (χ1) is 16.5. The van der Waals surface area contributed by atoms with E-state index in [1.54, 1.807) is 21.0 Å². The van der Waals surface area contributed by atoms with Crippen molar-refractivity contribution < 1.29 is 19.1 Å². The molecule has 1 atom stereocenters. The van der Waals surface area contributed by atoms with Gasteiger partial charge in [-0.3, -0.25) is 4.79 Å². The lowest BCUT2D eigenvalue weighted by molar-refractivity contribution is -0.138. The molecular formula is C29H33NO4. The van der Waals surface area contributed by atoms with Gasteiger partial charge in [0.1, 0.15) is 5.75 Å². The van der Waals surface area contributed by atoms with Crippen LogP contribution in [0.5, 0.6) is 5.75 Å². The molecular weight excluding hydrogens is 426 g/mol. The Morgan fingerprint density at radius 2 is 1.79 bits per heavy atom. The molecule has 1 aliphatic carbocycles. The second-order valence-corrected chi connectivity index (χ2v) is 8.27. The zero-order valence-electron chi connectivity index (χ0n) is 20.2. The van der Waals surface area contributed by atoms with Gasteiger partial charge in [-0.05, 0) is 56.4 Å². The third-order valence-corrected chi connectivity index (χ3v) is 5.79. The van der Waals surface area contributed by atoms with Gasteiger partial charge in [-0.1, -0.05) is 66.8 Å². The van der Waals surface area contributed by atoms with Crippen molar-refractivity contribution in [2.24, 2.45) is 0 Å². The van der Waals surface area contributed by atoms with Crippen LogP contribution in [0.4, 0.5) is 0 Å². The van der Waals surface area contributed by atoms with E-state index in [-0.39, 0.29) is 17.9 Å². The molecule has 3 rings (SSSR count). The highest BCUT2D eigenvalue weighted by Gasteiger charge is 2.26. The number of carbonyl (C=O) groups is 2. The van der Waals surface area contributed by atoms with Crippen LogP contribution < -0.4 is 4.74 Å². The van der Waals surface area contributed by atoms with Crippen LogP contribution in [0.15, 0.2) is 90.0 Å². The molecule has 0 fully saturated rings. The number of nitrogens with zero attached hydrogens (tertiary/aromatic N) is 1. The molecule has 2 aromatic rings. The van der Waals surface area contributed by atoms with Crippen molar-refractivity contribution in [2.75, 3.05) is 13.7 Å². The van der Waals surface area contributed by atoms with Gasteiger partial charge in [-0.15, -0.1) is 0 Å². The maximum absolute atomic E-state index is 13.8. The number of amides is 1. The SMILES string of the molecule is CCOC(=O)/C(C)=C\[C@H](Cc1ccccc1)N(Cc1ccc(OC)cc1)C(=O)C1=CC=CCC1. The van der Waals surface area contributed by atoms with E-state index >= 15 is 0 Å². The van der Waals surface area contributed by atoms with Crippen LogP contribution in [0.2, 0.25) is 0 Å². The molecule has 0 N–H and O–H groups in total. The van der Waals surface area contributed by atoms with Crippen molar-refractivity contribution in [1.82, 2.24) is 4.90 Å². The minimum absolute atomic E-state index is 0.0194. The molecule has 0 radical (unpaired) electrons.